The predicted molar refractivity (Wildman–Crippen MR) is 97.0 cm³/mol. The van der Waals surface area contributed by atoms with Gasteiger partial charge in [-0.25, -0.2) is 0 Å². The van der Waals surface area contributed by atoms with Crippen molar-refractivity contribution in [1.29, 1.82) is 0 Å². The van der Waals surface area contributed by atoms with Crippen LogP contribution in [0.1, 0.15) is 30.5 Å². The van der Waals surface area contributed by atoms with E-state index in [9.17, 15) is 0 Å². The Labute approximate surface area is 150 Å². The molecule has 0 aliphatic carbocycles. The van der Waals surface area contributed by atoms with Gasteiger partial charge in [0.05, 0.1) is 0 Å². The van der Waals surface area contributed by atoms with Gasteiger partial charge in [-0.3, -0.25) is 0 Å². The smallest absolute Gasteiger partial charge is 0.282 e. The minimum absolute atomic E-state index is 0.222. The molecule has 0 aromatic heterocycles. The second-order valence-corrected chi connectivity index (χ2v) is 6.68. The van der Waals surface area contributed by atoms with E-state index in [0.29, 0.717) is 23.7 Å². The van der Waals surface area contributed by atoms with Crippen molar-refractivity contribution in [3.05, 3.63) is 53.1 Å². The predicted octanol–water partition coefficient (Wildman–Crippen LogP) is 2.80. The van der Waals surface area contributed by atoms with Crippen molar-refractivity contribution >= 4 is 17.2 Å². The first-order valence-electron chi connectivity index (χ1n) is 8.44. The van der Waals surface area contributed by atoms with Gasteiger partial charge in [-0.15, -0.1) is 0 Å². The zero-order valence-corrected chi connectivity index (χ0v) is 14.5. The lowest BCUT2D eigenvalue weighted by atomic mass is 9.88. The molecule has 3 aliphatic heterocycles. The molecule has 7 heteroatoms. The molecule has 0 fully saturated rings. The van der Waals surface area contributed by atoms with Crippen molar-refractivity contribution in [2.75, 3.05) is 12.5 Å². The van der Waals surface area contributed by atoms with Crippen LogP contribution in [0.2, 0.25) is 0 Å². The Kier molecular flexibility index (Phi) is 2.98. The van der Waals surface area contributed by atoms with Crippen LogP contribution in [-0.2, 0) is 17.0 Å². The lowest BCUT2D eigenvalue weighted by Gasteiger charge is -2.34. The highest BCUT2D eigenvalue weighted by Crippen LogP contribution is 2.48. The minimum atomic E-state index is -0.994. The summed E-state index contributed by atoms with van der Waals surface area (Å²) in [6.07, 6.45) is 0.690. The van der Waals surface area contributed by atoms with E-state index in [1.165, 1.54) is 0 Å². The number of hydrogen-bond donors (Lipinski definition) is 1. The Bertz CT molecular complexity index is 967. The number of hydrazone groups is 1. The molecule has 5 rings (SSSR count). The molecule has 26 heavy (non-hydrogen) atoms. The standard InChI is InChI=1S/C19H18N4O3/c1-11-7-13-8-17-18(25-10-24-17)9-16(13)19(14-3-5-15(20)6-4-14)23(21-11)12(2)22-26-19/h3-6,8-9H,7,10,20H2,1-2H3. The second kappa shape index (κ2) is 5.14. The first-order chi connectivity index (χ1) is 12.6. The lowest BCUT2D eigenvalue weighted by Crippen LogP contribution is -2.43. The van der Waals surface area contributed by atoms with E-state index < -0.39 is 5.72 Å². The summed E-state index contributed by atoms with van der Waals surface area (Å²) in [6, 6.07) is 11.6. The molecule has 1 unspecified atom stereocenters. The van der Waals surface area contributed by atoms with E-state index in [1.807, 2.05) is 55.3 Å². The van der Waals surface area contributed by atoms with Crippen molar-refractivity contribution in [3.8, 4) is 11.5 Å². The van der Waals surface area contributed by atoms with E-state index in [4.69, 9.17) is 25.1 Å². The maximum atomic E-state index is 6.07. The first-order valence-corrected chi connectivity index (χ1v) is 8.44. The van der Waals surface area contributed by atoms with Crippen molar-refractivity contribution in [1.82, 2.24) is 5.01 Å². The summed E-state index contributed by atoms with van der Waals surface area (Å²) in [7, 11) is 0. The van der Waals surface area contributed by atoms with Gasteiger partial charge in [0.1, 0.15) is 0 Å². The molecule has 2 aromatic carbocycles. The number of fused-ring (bicyclic) bond motifs is 4. The number of ether oxygens (including phenoxy) is 2. The Hall–Kier alpha value is -3.22. The number of nitrogens with two attached hydrogens (primary N) is 1. The molecular formula is C19H18N4O3. The Balaban J connectivity index is 1.81. The zero-order valence-electron chi connectivity index (χ0n) is 14.5. The third-order valence-electron chi connectivity index (χ3n) is 4.90. The average molecular weight is 350 g/mol. The van der Waals surface area contributed by atoms with Gasteiger partial charge in [0.25, 0.3) is 5.72 Å². The average Bonchev–Trinajstić information content (AvgIpc) is 3.17. The molecule has 3 heterocycles. The van der Waals surface area contributed by atoms with Gasteiger partial charge in [-0.1, -0.05) is 17.3 Å². The van der Waals surface area contributed by atoms with Crippen LogP contribution in [0, 0.1) is 0 Å². The molecule has 3 aliphatic rings. The van der Waals surface area contributed by atoms with Crippen molar-refractivity contribution < 1.29 is 14.3 Å². The van der Waals surface area contributed by atoms with Gasteiger partial charge in [0.15, 0.2) is 17.3 Å². The lowest BCUT2D eigenvalue weighted by molar-refractivity contribution is -0.0705. The molecule has 2 N–H and O–H groups in total. The van der Waals surface area contributed by atoms with Crippen molar-refractivity contribution in [3.63, 3.8) is 0 Å². The van der Waals surface area contributed by atoms with Gasteiger partial charge in [-0.05, 0) is 43.7 Å². The van der Waals surface area contributed by atoms with Gasteiger partial charge < -0.3 is 20.0 Å². The highest BCUT2D eigenvalue weighted by Gasteiger charge is 2.52. The number of rotatable bonds is 1. The largest absolute Gasteiger partial charge is 0.454 e. The number of amidine groups is 1. The molecule has 0 saturated heterocycles. The van der Waals surface area contributed by atoms with E-state index in [2.05, 4.69) is 5.16 Å². The fourth-order valence-electron chi connectivity index (χ4n) is 3.71. The Morgan fingerprint density at radius 1 is 1.08 bits per heavy atom. The third kappa shape index (κ3) is 1.94. The van der Waals surface area contributed by atoms with Crippen molar-refractivity contribution in [2.24, 2.45) is 10.3 Å². The van der Waals surface area contributed by atoms with Crippen LogP contribution in [0.25, 0.3) is 0 Å². The summed E-state index contributed by atoms with van der Waals surface area (Å²) in [5.74, 6) is 2.13. The topological polar surface area (TPSA) is 81.7 Å². The molecule has 0 saturated carbocycles. The summed E-state index contributed by atoms with van der Waals surface area (Å²) in [6.45, 7) is 4.10. The first kappa shape index (κ1) is 15.1. The van der Waals surface area contributed by atoms with Crippen molar-refractivity contribution in [2.45, 2.75) is 26.0 Å². The van der Waals surface area contributed by atoms with Gasteiger partial charge in [-0.2, -0.15) is 10.1 Å². The summed E-state index contributed by atoms with van der Waals surface area (Å²) < 4.78 is 11.2. The second-order valence-electron chi connectivity index (χ2n) is 6.68. The van der Waals surface area contributed by atoms with E-state index >= 15 is 0 Å². The van der Waals surface area contributed by atoms with Gasteiger partial charge in [0, 0.05) is 28.9 Å². The number of oxime groups is 1. The van der Waals surface area contributed by atoms with Gasteiger partial charge >= 0.3 is 0 Å². The third-order valence-corrected chi connectivity index (χ3v) is 4.90. The van der Waals surface area contributed by atoms with Gasteiger partial charge in [0.2, 0.25) is 6.79 Å². The molecule has 0 amide bonds. The number of nitrogen functional groups attached to an aromatic ring is 1. The fraction of sp³-hybridized carbons (Fsp3) is 0.263. The molecule has 0 spiro atoms. The van der Waals surface area contributed by atoms with Crippen LogP contribution >= 0.6 is 0 Å². The van der Waals surface area contributed by atoms with Crippen LogP contribution in [0.3, 0.4) is 0 Å². The maximum Gasteiger partial charge on any atom is 0.282 e. The van der Waals surface area contributed by atoms with Crippen LogP contribution in [0.4, 0.5) is 5.69 Å². The van der Waals surface area contributed by atoms with Crippen LogP contribution in [-0.4, -0.2) is 23.3 Å². The number of hydrogen-bond acceptors (Lipinski definition) is 7. The normalized spacial score (nSPS) is 22.8. The molecule has 2 aromatic rings. The van der Waals surface area contributed by atoms with Crippen LogP contribution in [0.15, 0.2) is 46.7 Å². The van der Waals surface area contributed by atoms with E-state index in [-0.39, 0.29) is 6.79 Å². The summed E-state index contributed by atoms with van der Waals surface area (Å²) in [5, 5.41) is 10.9. The number of anilines is 1. The highest BCUT2D eigenvalue weighted by atomic mass is 16.7. The fourth-order valence-corrected chi connectivity index (χ4v) is 3.71. The van der Waals surface area contributed by atoms with Crippen LogP contribution in [0.5, 0.6) is 11.5 Å². The Morgan fingerprint density at radius 2 is 1.81 bits per heavy atom. The molecular weight excluding hydrogens is 332 g/mol. The van der Waals surface area contributed by atoms with E-state index in [0.717, 1.165) is 28.2 Å². The summed E-state index contributed by atoms with van der Waals surface area (Å²) in [5.41, 5.74) is 9.45. The molecule has 7 nitrogen and oxygen atoms in total. The quantitative estimate of drug-likeness (QED) is 0.800. The number of benzene rings is 2. The maximum absolute atomic E-state index is 6.07. The summed E-state index contributed by atoms with van der Waals surface area (Å²) in [4.78, 5) is 6.07. The molecule has 132 valence electrons. The molecule has 0 bridgehead atoms. The summed E-state index contributed by atoms with van der Waals surface area (Å²) >= 11 is 0. The molecule has 0 radical (unpaired) electrons. The minimum Gasteiger partial charge on any atom is -0.454 e. The number of nitrogens with zero attached hydrogens (tertiary/aromatic N) is 3. The highest BCUT2D eigenvalue weighted by molar-refractivity contribution is 5.90. The van der Waals surface area contributed by atoms with Crippen LogP contribution < -0.4 is 15.2 Å². The Morgan fingerprint density at radius 3 is 2.58 bits per heavy atom. The monoisotopic (exact) mass is 350 g/mol. The van der Waals surface area contributed by atoms with E-state index in [1.54, 1.807) is 0 Å². The molecule has 1 atom stereocenters. The SMILES string of the molecule is CC1=NN2C(C)=NOC2(c2ccc(N)cc2)c2cc3c(cc2C1)OCO3. The zero-order chi connectivity index (χ0) is 17.9.